The molecule has 18 heteroatoms. The van der Waals surface area contributed by atoms with E-state index in [1.54, 1.807) is 27.8 Å². The number of aryl methyl sites for hydroxylation is 4. The summed E-state index contributed by atoms with van der Waals surface area (Å²) < 4.78 is 52.7. The van der Waals surface area contributed by atoms with Gasteiger partial charge in [0, 0.05) is 30.2 Å². The molecule has 60 heavy (non-hydrogen) atoms. The number of benzene rings is 2. The molecule has 16 nitrogen and oxygen atoms in total. The second kappa shape index (κ2) is 17.3. The maximum absolute atomic E-state index is 12.7. The molecule has 2 aromatic carbocycles. The fourth-order valence-electron chi connectivity index (χ4n) is 9.46. The first-order valence-corrected chi connectivity index (χ1v) is 24.0. The Kier molecular flexibility index (Phi) is 12.1. The number of nitrogens with one attached hydrogen (secondary N) is 2. The number of hydrogen-bond acceptors (Lipinski definition) is 11. The number of likely N-dealkylation sites (N-methyl/N-ethyl adjacent to an activating group) is 2. The zero-order valence-corrected chi connectivity index (χ0v) is 36.0. The molecule has 2 aromatic heterocycles. The Morgan fingerprint density at radius 3 is 1.60 bits per heavy atom. The molecule has 4 aliphatic carbocycles. The van der Waals surface area contributed by atoms with Crippen molar-refractivity contribution in [2.45, 2.75) is 125 Å². The maximum Gasteiger partial charge on any atom is 0.333 e. The highest BCUT2D eigenvalue weighted by Crippen LogP contribution is 2.40. The number of carbonyl (C=O) groups is 1. The molecule has 0 spiro atoms. The third-order valence-corrected chi connectivity index (χ3v) is 15.0. The maximum atomic E-state index is 12.7. The minimum atomic E-state index is -4.03. The van der Waals surface area contributed by atoms with E-state index in [1.165, 1.54) is 58.4 Å². The van der Waals surface area contributed by atoms with Crippen LogP contribution in [0.25, 0.3) is 0 Å². The van der Waals surface area contributed by atoms with Gasteiger partial charge in [-0.05, 0) is 174 Å². The predicted molar refractivity (Wildman–Crippen MR) is 226 cm³/mol. The molecule has 2 fully saturated rings. The van der Waals surface area contributed by atoms with Gasteiger partial charge in [-0.2, -0.15) is 23.6 Å². The third-order valence-electron chi connectivity index (χ3n) is 13.0. The second-order valence-corrected chi connectivity index (χ2v) is 20.0. The average molecular weight is 859 g/mol. The third kappa shape index (κ3) is 8.99. The number of carbonyl (C=O) groups excluding carboxylic acids is 2. The van der Waals surface area contributed by atoms with Gasteiger partial charge < -0.3 is 15.1 Å². The van der Waals surface area contributed by atoms with E-state index in [2.05, 4.69) is 47.2 Å². The summed E-state index contributed by atoms with van der Waals surface area (Å²) in [5.41, 5.74) is 12.2. The number of fused-ring (bicyclic) bond motifs is 4. The Balaban J connectivity index is 0.000000139. The van der Waals surface area contributed by atoms with Crippen LogP contribution >= 0.6 is 0 Å². The van der Waals surface area contributed by atoms with Crippen molar-refractivity contribution >= 4 is 43.5 Å². The lowest BCUT2D eigenvalue weighted by atomic mass is 9.99. The first-order chi connectivity index (χ1) is 28.8. The summed E-state index contributed by atoms with van der Waals surface area (Å²) in [4.78, 5) is 31.5. The zero-order chi connectivity index (χ0) is 42.2. The van der Waals surface area contributed by atoms with Gasteiger partial charge >= 0.3 is 6.03 Å². The van der Waals surface area contributed by atoms with Gasteiger partial charge in [-0.15, -0.1) is 0 Å². The number of likely N-dealkylation sites (tertiary alicyclic amines) is 2. The van der Waals surface area contributed by atoms with Crippen LogP contribution in [-0.2, 0) is 89.3 Å². The molecule has 10 rings (SSSR count). The van der Waals surface area contributed by atoms with E-state index in [4.69, 9.17) is 5.14 Å². The van der Waals surface area contributed by atoms with E-state index in [0.29, 0.717) is 25.2 Å². The lowest BCUT2D eigenvalue weighted by Gasteiger charge is -2.37. The van der Waals surface area contributed by atoms with Crippen molar-refractivity contribution in [1.29, 1.82) is 0 Å². The molecule has 4 N–H and O–H groups in total. The van der Waals surface area contributed by atoms with Crippen LogP contribution in [0.3, 0.4) is 0 Å². The monoisotopic (exact) mass is 858 g/mol. The average Bonchev–Trinajstić information content (AvgIpc) is 4.05. The minimum absolute atomic E-state index is 0.0653. The van der Waals surface area contributed by atoms with Crippen LogP contribution in [0.15, 0.2) is 51.7 Å². The van der Waals surface area contributed by atoms with Crippen molar-refractivity contribution in [2.24, 2.45) is 10.1 Å². The highest BCUT2D eigenvalue weighted by molar-refractivity contribution is 7.90. The smallest absolute Gasteiger partial charge is 0.307 e. The molecule has 4 heterocycles. The number of aliphatic imine (C=N–C) groups is 1. The van der Waals surface area contributed by atoms with Crippen molar-refractivity contribution < 1.29 is 26.4 Å². The number of amides is 2. The zero-order valence-electron chi connectivity index (χ0n) is 34.3. The molecule has 6 aliphatic rings. The number of anilines is 1. The van der Waals surface area contributed by atoms with Gasteiger partial charge in [0.2, 0.25) is 6.08 Å². The fraction of sp³-hybridized carbons (Fsp3) is 0.524. The van der Waals surface area contributed by atoms with Crippen molar-refractivity contribution in [3.8, 4) is 0 Å². The Morgan fingerprint density at radius 1 is 0.733 bits per heavy atom. The summed E-state index contributed by atoms with van der Waals surface area (Å²) in [6, 6.07) is 7.58. The van der Waals surface area contributed by atoms with Gasteiger partial charge in [-0.1, -0.05) is 12.1 Å². The summed E-state index contributed by atoms with van der Waals surface area (Å²) in [5.74, 6) is 0. The van der Waals surface area contributed by atoms with Gasteiger partial charge in [0.25, 0.3) is 20.0 Å². The summed E-state index contributed by atoms with van der Waals surface area (Å²) in [5, 5.41) is 15.7. The fourth-order valence-corrected chi connectivity index (χ4v) is 10.8. The van der Waals surface area contributed by atoms with Crippen molar-refractivity contribution in [3.05, 3.63) is 81.2 Å². The summed E-state index contributed by atoms with van der Waals surface area (Å²) >= 11 is 0. The van der Waals surface area contributed by atoms with Crippen LogP contribution in [0.4, 0.5) is 16.2 Å². The van der Waals surface area contributed by atoms with Crippen LogP contribution in [-0.4, -0.2) is 97.6 Å². The molecule has 4 aromatic rings. The molecule has 0 radical (unpaired) electrons. The van der Waals surface area contributed by atoms with E-state index < -0.39 is 26.1 Å². The standard InChI is InChI=1S/C21H27N5O3S.C13H13NO.C8H14N4O2S/c1-25-10-8-16(25)13-26-11-9-19(23-26)30(28,29)24-21(27)22-20-17-6-2-4-14(17)12-15-5-3-7-18(15)20;15-8-14-13-11-5-1-3-9(11)7-10-4-2-6-12(10)13;1-11-4-2-7(11)6-12-5-3-8(10-12)15(9,13)14/h9,11-12,16H,2-8,10,13H2,1H3,(H2,22,24,27);7H,1-6H2;3,5,7H,2,4,6H2,1H3,(H2,9,13,14)/t16-;;7-/m0.0/s1. The molecular formula is C42H54N10O6S2. The number of nitrogens with zero attached hydrogens (tertiary/aromatic N) is 7. The lowest BCUT2D eigenvalue weighted by Crippen LogP contribution is -2.47. The quantitative estimate of drug-likeness (QED) is 0.163. The topological polar surface area (TPSA) is 207 Å². The predicted octanol–water partition coefficient (Wildman–Crippen LogP) is 3.94. The molecule has 2 amide bonds. The number of sulfonamides is 2. The van der Waals surface area contributed by atoms with Crippen LogP contribution in [0.5, 0.6) is 0 Å². The first kappa shape index (κ1) is 42.0. The van der Waals surface area contributed by atoms with E-state index >= 15 is 0 Å². The largest absolute Gasteiger partial charge is 0.333 e. The van der Waals surface area contributed by atoms with E-state index in [1.807, 2.05) is 14.1 Å². The number of aromatic nitrogens is 4. The number of hydrogen-bond donors (Lipinski definition) is 3. The minimum Gasteiger partial charge on any atom is -0.307 e. The van der Waals surface area contributed by atoms with Gasteiger partial charge in [-0.3, -0.25) is 9.36 Å². The van der Waals surface area contributed by atoms with E-state index in [9.17, 15) is 26.4 Å². The Morgan fingerprint density at radius 2 is 1.18 bits per heavy atom. The summed E-state index contributed by atoms with van der Waals surface area (Å²) in [6.45, 7) is 3.49. The van der Waals surface area contributed by atoms with Crippen LogP contribution in [0.2, 0.25) is 0 Å². The van der Waals surface area contributed by atoms with Crippen molar-refractivity contribution in [3.63, 3.8) is 0 Å². The highest BCUT2D eigenvalue weighted by atomic mass is 32.2. The van der Waals surface area contributed by atoms with Gasteiger partial charge in [0.15, 0.2) is 10.1 Å². The lowest BCUT2D eigenvalue weighted by molar-refractivity contribution is 0.106. The Bertz CT molecular complexity index is 2500. The Labute approximate surface area is 351 Å². The van der Waals surface area contributed by atoms with Crippen LogP contribution < -0.4 is 15.2 Å². The van der Waals surface area contributed by atoms with Crippen molar-refractivity contribution in [1.82, 2.24) is 34.1 Å². The van der Waals surface area contributed by atoms with Gasteiger partial charge in [-0.25, -0.2) is 27.9 Å². The molecule has 2 aliphatic heterocycles. The van der Waals surface area contributed by atoms with Gasteiger partial charge in [0.1, 0.15) is 0 Å². The van der Waals surface area contributed by atoms with E-state index in [-0.39, 0.29) is 10.1 Å². The second-order valence-electron chi connectivity index (χ2n) is 16.8. The SMILES string of the molecule is CN1CC[C@H]1Cn1ccc(S(=O)(=O)NC(=O)Nc2c3c(cc4c2CCC4)CCC3)n1.CN1CC[C@H]1Cn1ccc(S(N)(=O)=O)n1.O=C=Nc1c2c(cc3c1CCC3)CCC2. The number of rotatable bonds is 9. The molecule has 2 atom stereocenters. The number of primary sulfonamides is 1. The van der Waals surface area contributed by atoms with Crippen LogP contribution in [0.1, 0.15) is 83.0 Å². The van der Waals surface area contributed by atoms with E-state index in [0.717, 1.165) is 113 Å². The summed E-state index contributed by atoms with van der Waals surface area (Å²) in [7, 11) is -3.62. The molecule has 0 saturated carbocycles. The first-order valence-electron chi connectivity index (χ1n) is 21.0. The molecular weight excluding hydrogens is 805 g/mol. The normalized spacial score (nSPS) is 20.2. The molecule has 320 valence electrons. The number of nitrogens with two attached hydrogens (primary N) is 1. The van der Waals surface area contributed by atoms with Crippen molar-refractivity contribution in [2.75, 3.05) is 32.5 Å². The highest BCUT2D eigenvalue weighted by Gasteiger charge is 2.29. The van der Waals surface area contributed by atoms with Crippen LogP contribution in [0, 0.1) is 0 Å². The number of isocyanates is 1. The molecule has 2 saturated heterocycles. The van der Waals surface area contributed by atoms with Gasteiger partial charge in [0.05, 0.1) is 18.8 Å². The summed E-state index contributed by atoms with van der Waals surface area (Å²) in [6.07, 6.45) is 20.1. The number of urea groups is 1. The molecule has 0 unspecified atom stereocenters. The molecule has 0 bridgehead atoms. The Hall–Kier alpha value is -4.71.